The Bertz CT molecular complexity index is 667. The van der Waals surface area contributed by atoms with Crippen LogP contribution in [0.2, 0.25) is 0 Å². The third kappa shape index (κ3) is 9.18. The van der Waals surface area contributed by atoms with Crippen LogP contribution in [-0.2, 0) is 47.7 Å². The van der Waals surface area contributed by atoms with Crippen molar-refractivity contribution >= 4 is 35.7 Å². The van der Waals surface area contributed by atoms with Gasteiger partial charge in [0.05, 0.1) is 26.4 Å². The summed E-state index contributed by atoms with van der Waals surface area (Å²) in [5.41, 5.74) is -4.07. The van der Waals surface area contributed by atoms with Gasteiger partial charge in [-0.3, -0.25) is 9.59 Å². The van der Waals surface area contributed by atoms with Gasteiger partial charge in [0.25, 0.3) is 0 Å². The molecule has 0 heterocycles. The molecule has 0 aliphatic carbocycles. The van der Waals surface area contributed by atoms with Gasteiger partial charge in [0, 0.05) is 13.8 Å². The lowest BCUT2D eigenvalue weighted by atomic mass is 9.88. The van der Waals surface area contributed by atoms with Crippen LogP contribution < -0.4 is 10.6 Å². The van der Waals surface area contributed by atoms with E-state index >= 15 is 0 Å². The minimum absolute atomic E-state index is 0.0160. The molecule has 0 aromatic rings. The fraction of sp³-hybridized carbons (Fsp3) is 0.739. The molecule has 0 saturated heterocycles. The second-order valence-electron chi connectivity index (χ2n) is 7.62. The number of esters is 4. The molecule has 0 radical (unpaired) electrons. The molecule has 2 N–H and O–H groups in total. The number of ether oxygens (including phenoxy) is 4. The smallest absolute Gasteiger partial charge is 0.343 e. The van der Waals surface area contributed by atoms with Gasteiger partial charge in [-0.1, -0.05) is 6.42 Å². The Morgan fingerprint density at radius 2 is 0.771 bits per heavy atom. The van der Waals surface area contributed by atoms with Gasteiger partial charge in [-0.2, -0.15) is 0 Å². The van der Waals surface area contributed by atoms with Crippen LogP contribution in [0.4, 0.5) is 0 Å². The van der Waals surface area contributed by atoms with E-state index in [9.17, 15) is 28.8 Å². The van der Waals surface area contributed by atoms with Crippen LogP contribution >= 0.6 is 0 Å². The van der Waals surface area contributed by atoms with E-state index in [0.717, 1.165) is 13.8 Å². The second kappa shape index (κ2) is 15.7. The summed E-state index contributed by atoms with van der Waals surface area (Å²) in [6, 6.07) is 0. The van der Waals surface area contributed by atoms with Gasteiger partial charge in [0.1, 0.15) is 0 Å². The molecule has 0 atom stereocenters. The van der Waals surface area contributed by atoms with Crippen molar-refractivity contribution in [3.05, 3.63) is 0 Å². The van der Waals surface area contributed by atoms with E-state index in [0.29, 0.717) is 6.42 Å². The summed E-state index contributed by atoms with van der Waals surface area (Å²) < 4.78 is 20.1. The molecule has 0 fully saturated rings. The fourth-order valence-electron chi connectivity index (χ4n) is 3.48. The van der Waals surface area contributed by atoms with Crippen molar-refractivity contribution in [1.29, 1.82) is 0 Å². The number of amides is 2. The van der Waals surface area contributed by atoms with Crippen molar-refractivity contribution < 1.29 is 47.7 Å². The number of carbonyl (C=O) groups is 6. The van der Waals surface area contributed by atoms with Gasteiger partial charge in [0.15, 0.2) is 0 Å². The quantitative estimate of drug-likeness (QED) is 0.134. The minimum atomic E-state index is -2.03. The number of rotatable bonds is 16. The third-order valence-corrected chi connectivity index (χ3v) is 4.88. The van der Waals surface area contributed by atoms with E-state index < -0.39 is 46.8 Å². The number of carbonyl (C=O) groups excluding carboxylic acids is 6. The van der Waals surface area contributed by atoms with Crippen molar-refractivity contribution in [2.45, 2.75) is 84.7 Å². The molecule has 0 rings (SSSR count). The summed E-state index contributed by atoms with van der Waals surface area (Å²) in [4.78, 5) is 74.3. The van der Waals surface area contributed by atoms with Gasteiger partial charge in [-0.15, -0.1) is 0 Å². The molecular formula is C23H38N2O10. The Hall–Kier alpha value is -3.18. The van der Waals surface area contributed by atoms with Crippen molar-refractivity contribution in [2.24, 2.45) is 0 Å². The molecule has 0 aliphatic heterocycles. The van der Waals surface area contributed by atoms with Crippen molar-refractivity contribution in [1.82, 2.24) is 10.6 Å². The summed E-state index contributed by atoms with van der Waals surface area (Å²) in [5.74, 6) is -5.03. The first kappa shape index (κ1) is 31.8. The van der Waals surface area contributed by atoms with Crippen LogP contribution in [-0.4, -0.2) is 73.2 Å². The molecular weight excluding hydrogens is 464 g/mol. The molecule has 12 heteroatoms. The Labute approximate surface area is 205 Å². The van der Waals surface area contributed by atoms with Crippen molar-refractivity contribution in [3.63, 3.8) is 0 Å². The zero-order chi connectivity index (χ0) is 27.1. The number of nitrogens with one attached hydrogen (secondary N) is 2. The first-order chi connectivity index (χ1) is 16.5. The monoisotopic (exact) mass is 502 g/mol. The minimum Gasteiger partial charge on any atom is -0.464 e. The standard InChI is InChI=1S/C23H38N2O10/c1-7-32-18(28)22(24-16(5)26,19(29)33-8-2)14-12-11-13-15-23(25-17(6)27,20(30)34-9-3)21(31)35-10-4/h7-15H2,1-6H3,(H,24,26)(H,25,27). The largest absolute Gasteiger partial charge is 0.464 e. The summed E-state index contributed by atoms with van der Waals surface area (Å²) >= 11 is 0. The van der Waals surface area contributed by atoms with Crippen LogP contribution in [0.3, 0.4) is 0 Å². The van der Waals surface area contributed by atoms with Crippen LogP contribution in [0.1, 0.15) is 73.6 Å². The maximum absolute atomic E-state index is 12.7. The highest BCUT2D eigenvalue weighted by Gasteiger charge is 2.51. The Balaban J connectivity index is 5.70. The lowest BCUT2D eigenvalue weighted by molar-refractivity contribution is -0.169. The molecule has 35 heavy (non-hydrogen) atoms. The molecule has 200 valence electrons. The van der Waals surface area contributed by atoms with Gasteiger partial charge >= 0.3 is 23.9 Å². The van der Waals surface area contributed by atoms with E-state index in [4.69, 9.17) is 18.9 Å². The molecule has 12 nitrogen and oxygen atoms in total. The average Bonchev–Trinajstić information content (AvgIpc) is 2.77. The summed E-state index contributed by atoms with van der Waals surface area (Å²) in [6.07, 6.45) is 0.437. The van der Waals surface area contributed by atoms with Gasteiger partial charge < -0.3 is 29.6 Å². The van der Waals surface area contributed by atoms with E-state index in [-0.39, 0.29) is 52.1 Å². The molecule has 0 aromatic heterocycles. The maximum Gasteiger partial charge on any atom is 0.343 e. The van der Waals surface area contributed by atoms with Crippen molar-refractivity contribution in [3.8, 4) is 0 Å². The predicted octanol–water partition coefficient (Wildman–Crippen LogP) is 0.939. The molecule has 0 aliphatic rings. The highest BCUT2D eigenvalue weighted by atomic mass is 16.6. The highest BCUT2D eigenvalue weighted by molar-refractivity contribution is 6.08. The third-order valence-electron chi connectivity index (χ3n) is 4.88. The Kier molecular flexibility index (Phi) is 14.2. The number of hydrogen-bond acceptors (Lipinski definition) is 10. The molecule has 0 spiro atoms. The molecule has 2 amide bonds. The lowest BCUT2D eigenvalue weighted by Gasteiger charge is -2.31. The van der Waals surface area contributed by atoms with E-state index in [2.05, 4.69) is 10.6 Å². The van der Waals surface area contributed by atoms with Crippen LogP contribution in [0.25, 0.3) is 0 Å². The Morgan fingerprint density at radius 1 is 0.514 bits per heavy atom. The number of hydrogen-bond donors (Lipinski definition) is 2. The first-order valence-corrected chi connectivity index (χ1v) is 11.7. The van der Waals surface area contributed by atoms with E-state index in [1.54, 1.807) is 27.7 Å². The van der Waals surface area contributed by atoms with E-state index in [1.165, 1.54) is 0 Å². The Morgan fingerprint density at radius 3 is 0.971 bits per heavy atom. The van der Waals surface area contributed by atoms with Gasteiger partial charge in [-0.25, -0.2) is 19.2 Å². The number of unbranched alkanes of at least 4 members (excludes halogenated alkanes) is 2. The lowest BCUT2D eigenvalue weighted by Crippen LogP contribution is -2.61. The van der Waals surface area contributed by atoms with E-state index in [1.807, 2.05) is 0 Å². The average molecular weight is 503 g/mol. The highest BCUT2D eigenvalue weighted by Crippen LogP contribution is 2.24. The zero-order valence-corrected chi connectivity index (χ0v) is 21.4. The summed E-state index contributed by atoms with van der Waals surface area (Å²) in [6.45, 7) is 8.51. The fourth-order valence-corrected chi connectivity index (χ4v) is 3.48. The van der Waals surface area contributed by atoms with Crippen LogP contribution in [0, 0.1) is 0 Å². The van der Waals surface area contributed by atoms with Gasteiger partial charge in [0.2, 0.25) is 22.9 Å². The molecule has 0 unspecified atom stereocenters. The topological polar surface area (TPSA) is 163 Å². The molecule has 0 bridgehead atoms. The summed E-state index contributed by atoms with van der Waals surface area (Å²) in [7, 11) is 0. The zero-order valence-electron chi connectivity index (χ0n) is 21.4. The van der Waals surface area contributed by atoms with Crippen molar-refractivity contribution in [2.75, 3.05) is 26.4 Å². The maximum atomic E-state index is 12.7. The first-order valence-electron chi connectivity index (χ1n) is 11.7. The normalized spacial score (nSPS) is 11.1. The molecule has 0 aromatic carbocycles. The van der Waals surface area contributed by atoms with Gasteiger partial charge in [-0.05, 0) is 53.4 Å². The SMILES string of the molecule is CCOC(=O)C(CCCCCC(NC(C)=O)(C(=O)OCC)C(=O)OCC)(NC(C)=O)C(=O)OCC. The predicted molar refractivity (Wildman–Crippen MR) is 123 cm³/mol. The summed E-state index contributed by atoms with van der Waals surface area (Å²) in [5, 5.41) is 4.75. The second-order valence-corrected chi connectivity index (χ2v) is 7.62. The van der Waals surface area contributed by atoms with Crippen LogP contribution in [0.15, 0.2) is 0 Å². The van der Waals surface area contributed by atoms with Crippen LogP contribution in [0.5, 0.6) is 0 Å². The molecule has 0 saturated carbocycles.